The van der Waals surface area contributed by atoms with Crippen LogP contribution in [0.2, 0.25) is 0 Å². The van der Waals surface area contributed by atoms with E-state index >= 15 is 0 Å². The molecule has 1 amide bonds. The number of aromatic carboxylic acids is 1. The molecule has 0 radical (unpaired) electrons. The van der Waals surface area contributed by atoms with E-state index in [4.69, 9.17) is 4.98 Å². The molecule has 7 rings (SSSR count). The predicted octanol–water partition coefficient (Wildman–Crippen LogP) is 6.17. The van der Waals surface area contributed by atoms with Crippen molar-refractivity contribution in [2.24, 2.45) is 23.2 Å². The number of aryl methyl sites for hydroxylation is 1. The van der Waals surface area contributed by atoms with E-state index in [1.165, 1.54) is 63.5 Å². The van der Waals surface area contributed by atoms with Crippen molar-refractivity contribution in [1.82, 2.24) is 9.97 Å². The number of aromatic amines is 1. The molecule has 5 fully saturated rings. The van der Waals surface area contributed by atoms with Gasteiger partial charge in [-0.15, -0.1) is 0 Å². The molecule has 1 heterocycles. The van der Waals surface area contributed by atoms with Crippen molar-refractivity contribution in [3.63, 3.8) is 0 Å². The van der Waals surface area contributed by atoms with Crippen LogP contribution in [-0.2, 0) is 6.42 Å². The van der Waals surface area contributed by atoms with Crippen LogP contribution in [0.4, 0.5) is 5.69 Å². The van der Waals surface area contributed by atoms with Gasteiger partial charge in [0.05, 0.1) is 5.56 Å². The van der Waals surface area contributed by atoms with E-state index in [1.807, 2.05) is 0 Å². The van der Waals surface area contributed by atoms with E-state index in [9.17, 15) is 14.7 Å². The maximum Gasteiger partial charge on any atom is 0.335 e. The first-order valence-corrected chi connectivity index (χ1v) is 13.2. The van der Waals surface area contributed by atoms with E-state index in [1.54, 1.807) is 12.1 Å². The van der Waals surface area contributed by atoms with E-state index in [-0.39, 0.29) is 11.5 Å². The minimum atomic E-state index is -1.00. The summed E-state index contributed by atoms with van der Waals surface area (Å²) >= 11 is 0. The normalized spacial score (nSPS) is 30.1. The summed E-state index contributed by atoms with van der Waals surface area (Å²) in [6, 6.07) is 6.41. The number of carbonyl (C=O) groups excluding carboxylic acids is 1. The average molecular weight is 462 g/mol. The number of rotatable bonds is 7. The number of amides is 1. The average Bonchev–Trinajstić information content (AvgIpc) is 3.47. The number of carboxylic acid groups (broad SMARTS) is 1. The van der Waals surface area contributed by atoms with Gasteiger partial charge in [-0.2, -0.15) is 0 Å². The van der Waals surface area contributed by atoms with Crippen LogP contribution in [-0.4, -0.2) is 27.0 Å². The Kier molecular flexibility index (Phi) is 5.50. The van der Waals surface area contributed by atoms with Crippen LogP contribution in [0.15, 0.2) is 24.3 Å². The molecule has 6 nitrogen and oxygen atoms in total. The van der Waals surface area contributed by atoms with Crippen molar-refractivity contribution in [1.29, 1.82) is 0 Å². The third-order valence-corrected chi connectivity index (χ3v) is 9.19. The molecule has 0 aliphatic heterocycles. The SMILES string of the molecule is O=C(O)c1cccc(NC(=O)c2nc(C3CCCC3)[nH]c2CCC23CC4CC(CC(C4)C2)C3)c1. The highest BCUT2D eigenvalue weighted by atomic mass is 16.4. The highest BCUT2D eigenvalue weighted by Crippen LogP contribution is 2.61. The number of nitrogens with one attached hydrogen (secondary N) is 2. The van der Waals surface area contributed by atoms with Crippen LogP contribution >= 0.6 is 0 Å². The van der Waals surface area contributed by atoms with Gasteiger partial charge in [0.2, 0.25) is 0 Å². The van der Waals surface area contributed by atoms with Gasteiger partial charge in [0.15, 0.2) is 0 Å². The molecule has 3 N–H and O–H groups in total. The Hall–Kier alpha value is -2.63. The fraction of sp³-hybridized carbons (Fsp3) is 0.607. The number of nitrogens with zero attached hydrogens (tertiary/aromatic N) is 1. The van der Waals surface area contributed by atoms with Crippen molar-refractivity contribution in [2.75, 3.05) is 5.32 Å². The van der Waals surface area contributed by atoms with Crippen LogP contribution < -0.4 is 5.32 Å². The summed E-state index contributed by atoms with van der Waals surface area (Å²) in [4.78, 5) is 33.1. The Morgan fingerprint density at radius 3 is 2.38 bits per heavy atom. The lowest BCUT2D eigenvalue weighted by Crippen LogP contribution is -2.46. The zero-order valence-corrected chi connectivity index (χ0v) is 19.8. The minimum absolute atomic E-state index is 0.161. The molecule has 6 heteroatoms. The molecule has 180 valence electrons. The Balaban J connectivity index is 1.23. The number of benzene rings is 1. The molecule has 34 heavy (non-hydrogen) atoms. The van der Waals surface area contributed by atoms with Crippen LogP contribution in [0.1, 0.15) is 109 Å². The molecule has 0 atom stereocenters. The zero-order chi connectivity index (χ0) is 23.3. The molecule has 0 saturated heterocycles. The number of carbonyl (C=O) groups is 2. The van der Waals surface area contributed by atoms with E-state index in [0.29, 0.717) is 22.7 Å². The maximum absolute atomic E-state index is 13.3. The predicted molar refractivity (Wildman–Crippen MR) is 130 cm³/mol. The molecule has 0 unspecified atom stereocenters. The number of carboxylic acids is 1. The fourth-order valence-electron chi connectivity index (χ4n) is 8.10. The summed E-state index contributed by atoms with van der Waals surface area (Å²) in [5.41, 5.74) is 2.56. The zero-order valence-electron chi connectivity index (χ0n) is 19.8. The molecule has 4 bridgehead atoms. The van der Waals surface area contributed by atoms with Gasteiger partial charge in [-0.3, -0.25) is 4.79 Å². The molecular formula is C28H35N3O3. The van der Waals surface area contributed by atoms with Gasteiger partial charge in [0.25, 0.3) is 5.91 Å². The Bertz CT molecular complexity index is 1060. The van der Waals surface area contributed by atoms with Crippen LogP contribution in [0.3, 0.4) is 0 Å². The molecule has 1 aromatic carbocycles. The second kappa shape index (κ2) is 8.54. The second-order valence-corrected chi connectivity index (χ2v) is 11.7. The third-order valence-electron chi connectivity index (χ3n) is 9.19. The molecule has 2 aromatic rings. The van der Waals surface area contributed by atoms with Crippen molar-refractivity contribution >= 4 is 17.6 Å². The molecule has 5 aliphatic carbocycles. The van der Waals surface area contributed by atoms with E-state index in [0.717, 1.165) is 55.0 Å². The largest absolute Gasteiger partial charge is 0.478 e. The van der Waals surface area contributed by atoms with Gasteiger partial charge in [0.1, 0.15) is 11.5 Å². The van der Waals surface area contributed by atoms with Crippen molar-refractivity contribution in [3.8, 4) is 0 Å². The summed E-state index contributed by atoms with van der Waals surface area (Å²) in [6.45, 7) is 0. The first kappa shape index (κ1) is 21.9. The van der Waals surface area contributed by atoms with Crippen molar-refractivity contribution < 1.29 is 14.7 Å². The molecular weight excluding hydrogens is 426 g/mol. The number of hydrogen-bond acceptors (Lipinski definition) is 3. The van der Waals surface area contributed by atoms with Gasteiger partial charge in [-0.1, -0.05) is 18.9 Å². The lowest BCUT2D eigenvalue weighted by Gasteiger charge is -2.57. The lowest BCUT2D eigenvalue weighted by molar-refractivity contribution is -0.0570. The lowest BCUT2D eigenvalue weighted by atomic mass is 9.48. The molecule has 5 saturated carbocycles. The number of imidazole rings is 1. The van der Waals surface area contributed by atoms with Gasteiger partial charge < -0.3 is 15.4 Å². The summed E-state index contributed by atoms with van der Waals surface area (Å²) in [6.07, 6.45) is 15.1. The summed E-state index contributed by atoms with van der Waals surface area (Å²) < 4.78 is 0. The first-order chi connectivity index (χ1) is 16.5. The third kappa shape index (κ3) is 4.16. The Morgan fingerprint density at radius 2 is 1.74 bits per heavy atom. The van der Waals surface area contributed by atoms with Gasteiger partial charge >= 0.3 is 5.97 Å². The Morgan fingerprint density at radius 1 is 1.06 bits per heavy atom. The van der Waals surface area contributed by atoms with Crippen molar-refractivity contribution in [2.45, 2.75) is 83.0 Å². The fourth-order valence-corrected chi connectivity index (χ4v) is 8.10. The topological polar surface area (TPSA) is 95.1 Å². The van der Waals surface area contributed by atoms with E-state index in [2.05, 4.69) is 10.3 Å². The van der Waals surface area contributed by atoms with Gasteiger partial charge in [-0.05, 0) is 106 Å². The monoisotopic (exact) mass is 461 g/mol. The van der Waals surface area contributed by atoms with Crippen LogP contribution in [0.25, 0.3) is 0 Å². The quantitative estimate of drug-likeness (QED) is 0.460. The van der Waals surface area contributed by atoms with Gasteiger partial charge in [-0.25, -0.2) is 9.78 Å². The summed E-state index contributed by atoms with van der Waals surface area (Å²) in [5.74, 6) is 2.89. The van der Waals surface area contributed by atoms with Crippen LogP contribution in [0.5, 0.6) is 0 Å². The second-order valence-electron chi connectivity index (χ2n) is 11.7. The molecule has 1 aromatic heterocycles. The van der Waals surface area contributed by atoms with Crippen molar-refractivity contribution in [3.05, 3.63) is 47.0 Å². The highest BCUT2D eigenvalue weighted by Gasteiger charge is 2.50. The molecule has 0 spiro atoms. The highest BCUT2D eigenvalue weighted by molar-refractivity contribution is 6.04. The summed E-state index contributed by atoms with van der Waals surface area (Å²) in [7, 11) is 0. The molecule has 5 aliphatic rings. The number of H-pyrrole nitrogens is 1. The number of anilines is 1. The number of hydrogen-bond donors (Lipinski definition) is 3. The summed E-state index contributed by atoms with van der Waals surface area (Å²) in [5, 5.41) is 12.2. The maximum atomic E-state index is 13.3. The van der Waals surface area contributed by atoms with Gasteiger partial charge in [0, 0.05) is 17.3 Å². The Labute approximate surface area is 200 Å². The van der Waals surface area contributed by atoms with Crippen LogP contribution in [0, 0.1) is 23.2 Å². The minimum Gasteiger partial charge on any atom is -0.478 e. The standard InChI is InChI=1S/C28H35N3O3/c32-26(29-22-7-3-6-21(13-22)27(33)34)24-23(30-25(31-24)20-4-1-2-5-20)8-9-28-14-17-10-18(15-28)12-19(11-17)16-28/h3,6-7,13,17-20H,1-2,4-5,8-12,14-16H2,(H,29,32)(H,30,31)(H,33,34). The number of aromatic nitrogens is 2. The van der Waals surface area contributed by atoms with E-state index < -0.39 is 5.97 Å². The smallest absolute Gasteiger partial charge is 0.335 e. The first-order valence-electron chi connectivity index (χ1n) is 13.2.